The zero-order valence-electron chi connectivity index (χ0n) is 15.3. The molecule has 0 saturated carbocycles. The topological polar surface area (TPSA) is 56.1 Å². The number of hydrogen-bond donors (Lipinski definition) is 1. The number of carbonyl (C=O) groups excluding carboxylic acids is 1. The Morgan fingerprint density at radius 2 is 2.12 bits per heavy atom. The predicted molar refractivity (Wildman–Crippen MR) is 105 cm³/mol. The van der Waals surface area contributed by atoms with E-state index in [4.69, 9.17) is 9.84 Å². The van der Waals surface area contributed by atoms with Crippen LogP contribution in [0, 0.1) is 13.8 Å². The number of ether oxygens (including phenoxy) is 1. The van der Waals surface area contributed by atoms with Crippen LogP contribution in [-0.4, -0.2) is 35.9 Å². The van der Waals surface area contributed by atoms with Crippen LogP contribution >= 0.6 is 11.3 Å². The Hall–Kier alpha value is -2.44. The summed E-state index contributed by atoms with van der Waals surface area (Å²) in [6.07, 6.45) is 0.775. The first-order chi connectivity index (χ1) is 12.6. The van der Waals surface area contributed by atoms with E-state index in [0.29, 0.717) is 18.8 Å². The van der Waals surface area contributed by atoms with Crippen LogP contribution in [0.5, 0.6) is 0 Å². The molecule has 0 aliphatic carbocycles. The molecule has 3 rings (SSSR count). The molecule has 26 heavy (non-hydrogen) atoms. The van der Waals surface area contributed by atoms with Gasteiger partial charge in [0.15, 0.2) is 0 Å². The monoisotopic (exact) mass is 369 g/mol. The first-order valence-electron chi connectivity index (χ1n) is 8.59. The normalized spacial score (nSPS) is 10.9. The molecular formula is C20H23N3O2S. The van der Waals surface area contributed by atoms with Crippen molar-refractivity contribution >= 4 is 17.2 Å². The second kappa shape index (κ2) is 8.29. The summed E-state index contributed by atoms with van der Waals surface area (Å²) < 4.78 is 6.79. The third-order valence-electron chi connectivity index (χ3n) is 4.12. The minimum atomic E-state index is -0.127. The van der Waals surface area contributed by atoms with E-state index >= 15 is 0 Å². The first-order valence-corrected chi connectivity index (χ1v) is 9.47. The molecular weight excluding hydrogens is 346 g/mol. The standard InChI is InChI=1S/C20H23N3O2S/c1-14-7-8-15(2)17(12-14)23-18(20(24)21-9-5-10-25-3)13-16(22-23)19-6-4-11-26-19/h4,6-8,11-13H,5,9-10H2,1-3H3,(H,21,24). The molecule has 0 unspecified atom stereocenters. The summed E-state index contributed by atoms with van der Waals surface area (Å²) in [4.78, 5) is 13.8. The van der Waals surface area contributed by atoms with Gasteiger partial charge in [0.1, 0.15) is 11.4 Å². The number of aryl methyl sites for hydroxylation is 2. The number of aromatic nitrogens is 2. The molecule has 0 atom stereocenters. The maximum absolute atomic E-state index is 12.8. The fourth-order valence-electron chi connectivity index (χ4n) is 2.73. The third kappa shape index (κ3) is 4.03. The van der Waals surface area contributed by atoms with Gasteiger partial charge in [-0.2, -0.15) is 5.10 Å². The molecule has 136 valence electrons. The van der Waals surface area contributed by atoms with Crippen molar-refractivity contribution in [3.63, 3.8) is 0 Å². The number of nitrogens with one attached hydrogen (secondary N) is 1. The largest absolute Gasteiger partial charge is 0.385 e. The van der Waals surface area contributed by atoms with Gasteiger partial charge in [-0.15, -0.1) is 11.3 Å². The molecule has 0 bridgehead atoms. The highest BCUT2D eigenvalue weighted by atomic mass is 32.1. The molecule has 0 aliphatic rings. The molecule has 0 fully saturated rings. The summed E-state index contributed by atoms with van der Waals surface area (Å²) in [6, 6.07) is 12.0. The minimum Gasteiger partial charge on any atom is -0.385 e. The zero-order valence-corrected chi connectivity index (χ0v) is 16.1. The van der Waals surface area contributed by atoms with E-state index in [2.05, 4.69) is 23.5 Å². The van der Waals surface area contributed by atoms with E-state index in [1.807, 2.05) is 37.4 Å². The molecule has 3 aromatic rings. The summed E-state index contributed by atoms with van der Waals surface area (Å²) in [5.74, 6) is -0.127. The fourth-order valence-corrected chi connectivity index (χ4v) is 3.41. The Morgan fingerprint density at radius 3 is 2.85 bits per heavy atom. The lowest BCUT2D eigenvalue weighted by Gasteiger charge is -2.11. The lowest BCUT2D eigenvalue weighted by Crippen LogP contribution is -2.27. The van der Waals surface area contributed by atoms with E-state index in [9.17, 15) is 4.79 Å². The maximum Gasteiger partial charge on any atom is 0.270 e. The third-order valence-corrected chi connectivity index (χ3v) is 5.01. The van der Waals surface area contributed by atoms with Crippen molar-refractivity contribution in [2.45, 2.75) is 20.3 Å². The number of thiophene rings is 1. The second-order valence-corrected chi connectivity index (χ2v) is 7.14. The first kappa shape index (κ1) is 18.4. The van der Waals surface area contributed by atoms with Crippen molar-refractivity contribution in [3.05, 3.63) is 58.6 Å². The Morgan fingerprint density at radius 1 is 1.27 bits per heavy atom. The average molecular weight is 369 g/mol. The minimum absolute atomic E-state index is 0.127. The van der Waals surface area contributed by atoms with Gasteiger partial charge in [-0.3, -0.25) is 4.79 Å². The van der Waals surface area contributed by atoms with E-state index in [0.717, 1.165) is 33.8 Å². The molecule has 0 spiro atoms. The van der Waals surface area contributed by atoms with Gasteiger partial charge >= 0.3 is 0 Å². The van der Waals surface area contributed by atoms with Gasteiger partial charge in [0.2, 0.25) is 0 Å². The fraction of sp³-hybridized carbons (Fsp3) is 0.300. The van der Waals surface area contributed by atoms with Crippen molar-refractivity contribution in [1.82, 2.24) is 15.1 Å². The van der Waals surface area contributed by atoms with Crippen LogP contribution in [0.25, 0.3) is 16.3 Å². The number of amides is 1. The molecule has 5 nitrogen and oxygen atoms in total. The van der Waals surface area contributed by atoms with Gasteiger partial charge in [-0.05, 0) is 55.0 Å². The van der Waals surface area contributed by atoms with E-state index < -0.39 is 0 Å². The molecule has 1 N–H and O–H groups in total. The van der Waals surface area contributed by atoms with Gasteiger partial charge in [-0.1, -0.05) is 18.2 Å². The van der Waals surface area contributed by atoms with Crippen molar-refractivity contribution in [2.75, 3.05) is 20.3 Å². The molecule has 0 radical (unpaired) electrons. The Labute approximate surface area is 157 Å². The van der Waals surface area contributed by atoms with Crippen LogP contribution in [0.4, 0.5) is 0 Å². The molecule has 0 aliphatic heterocycles. The second-order valence-electron chi connectivity index (χ2n) is 6.20. The smallest absolute Gasteiger partial charge is 0.270 e. The summed E-state index contributed by atoms with van der Waals surface area (Å²) in [5.41, 5.74) is 4.48. The Bertz CT molecular complexity index is 885. The summed E-state index contributed by atoms with van der Waals surface area (Å²) in [7, 11) is 1.66. The number of carbonyl (C=O) groups is 1. The summed E-state index contributed by atoms with van der Waals surface area (Å²) in [6.45, 7) is 5.26. The number of methoxy groups -OCH3 is 1. The number of nitrogens with zero attached hydrogens (tertiary/aromatic N) is 2. The summed E-state index contributed by atoms with van der Waals surface area (Å²) in [5, 5.41) is 9.70. The lowest BCUT2D eigenvalue weighted by molar-refractivity contribution is 0.0941. The van der Waals surface area contributed by atoms with Crippen molar-refractivity contribution in [2.24, 2.45) is 0 Å². The van der Waals surface area contributed by atoms with Crippen LogP contribution in [0.3, 0.4) is 0 Å². The highest BCUT2D eigenvalue weighted by molar-refractivity contribution is 7.13. The van der Waals surface area contributed by atoms with E-state index in [1.165, 1.54) is 0 Å². The number of rotatable bonds is 7. The van der Waals surface area contributed by atoms with Crippen LogP contribution in [-0.2, 0) is 4.74 Å². The van der Waals surface area contributed by atoms with Crippen molar-refractivity contribution < 1.29 is 9.53 Å². The predicted octanol–water partition coefficient (Wildman–Crippen LogP) is 3.98. The number of benzene rings is 1. The SMILES string of the molecule is COCCCNC(=O)c1cc(-c2cccs2)nn1-c1cc(C)ccc1C. The lowest BCUT2D eigenvalue weighted by atomic mass is 10.1. The average Bonchev–Trinajstić information content (AvgIpc) is 3.30. The van der Waals surface area contributed by atoms with Crippen molar-refractivity contribution in [3.8, 4) is 16.3 Å². The Kier molecular flexibility index (Phi) is 5.85. The maximum atomic E-state index is 12.8. The van der Waals surface area contributed by atoms with Crippen LogP contribution < -0.4 is 5.32 Å². The van der Waals surface area contributed by atoms with Gasteiger partial charge in [-0.25, -0.2) is 4.68 Å². The van der Waals surface area contributed by atoms with E-state index in [-0.39, 0.29) is 5.91 Å². The highest BCUT2D eigenvalue weighted by Gasteiger charge is 2.19. The summed E-state index contributed by atoms with van der Waals surface area (Å²) >= 11 is 1.61. The Balaban J connectivity index is 1.98. The molecule has 1 amide bonds. The molecule has 6 heteroatoms. The molecule has 0 saturated heterocycles. The van der Waals surface area contributed by atoms with Gasteiger partial charge in [0.25, 0.3) is 5.91 Å². The zero-order chi connectivity index (χ0) is 18.5. The van der Waals surface area contributed by atoms with Gasteiger partial charge in [0, 0.05) is 20.3 Å². The van der Waals surface area contributed by atoms with Crippen LogP contribution in [0.15, 0.2) is 41.8 Å². The molecule has 2 aromatic heterocycles. The quantitative estimate of drug-likeness (QED) is 0.641. The highest BCUT2D eigenvalue weighted by Crippen LogP contribution is 2.27. The van der Waals surface area contributed by atoms with Crippen LogP contribution in [0.2, 0.25) is 0 Å². The number of hydrogen-bond acceptors (Lipinski definition) is 4. The van der Waals surface area contributed by atoms with Crippen LogP contribution in [0.1, 0.15) is 28.0 Å². The van der Waals surface area contributed by atoms with Crippen molar-refractivity contribution in [1.29, 1.82) is 0 Å². The van der Waals surface area contributed by atoms with Gasteiger partial charge < -0.3 is 10.1 Å². The van der Waals surface area contributed by atoms with Gasteiger partial charge in [0.05, 0.1) is 10.6 Å². The van der Waals surface area contributed by atoms with E-state index in [1.54, 1.807) is 23.1 Å². The molecule has 1 aromatic carbocycles. The molecule has 2 heterocycles.